The molecule has 0 unspecified atom stereocenters. The second-order valence-electron chi connectivity index (χ2n) is 5.85. The molecule has 0 saturated carbocycles. The maximum Gasteiger partial charge on any atom is 0.285 e. The van der Waals surface area contributed by atoms with E-state index < -0.39 is 5.56 Å². The smallest absolute Gasteiger partial charge is 0.285 e. The Morgan fingerprint density at radius 3 is 2.69 bits per heavy atom. The molecule has 3 rings (SSSR count). The van der Waals surface area contributed by atoms with E-state index in [1.165, 1.54) is 6.20 Å². The molecular weight excluding hydrogens is 415 g/mol. The summed E-state index contributed by atoms with van der Waals surface area (Å²) < 4.78 is 11.6. The number of nitrogens with one attached hydrogen (secondary N) is 2. The molecule has 0 saturated heterocycles. The summed E-state index contributed by atoms with van der Waals surface area (Å²) >= 11 is 11.8. The van der Waals surface area contributed by atoms with E-state index in [0.717, 1.165) is 11.1 Å². The molecule has 0 bridgehead atoms. The van der Waals surface area contributed by atoms with Crippen molar-refractivity contribution in [3.8, 4) is 11.5 Å². The quantitative estimate of drug-likeness (QED) is 0.404. The van der Waals surface area contributed by atoms with Gasteiger partial charge in [0.1, 0.15) is 17.3 Å². The number of hydrogen-bond acceptors (Lipinski definition) is 6. The van der Waals surface area contributed by atoms with Gasteiger partial charge in [0.05, 0.1) is 19.0 Å². The zero-order valence-corrected chi connectivity index (χ0v) is 17.0. The Kier molecular flexibility index (Phi) is 7.10. The van der Waals surface area contributed by atoms with Gasteiger partial charge in [-0.25, -0.2) is 5.10 Å². The molecular formula is C20H18Cl2N4O3. The van der Waals surface area contributed by atoms with Crippen molar-refractivity contribution in [1.82, 2.24) is 10.2 Å². The van der Waals surface area contributed by atoms with Crippen molar-refractivity contribution >= 4 is 35.1 Å². The van der Waals surface area contributed by atoms with Crippen LogP contribution in [0.4, 0.5) is 5.69 Å². The number of aromatic amines is 1. The van der Waals surface area contributed by atoms with Crippen LogP contribution in [-0.2, 0) is 6.61 Å². The average Bonchev–Trinajstić information content (AvgIpc) is 2.72. The molecule has 0 aliphatic rings. The van der Waals surface area contributed by atoms with Crippen LogP contribution >= 0.6 is 23.2 Å². The molecule has 150 valence electrons. The molecule has 7 nitrogen and oxygen atoms in total. The highest BCUT2D eigenvalue weighted by molar-refractivity contribution is 6.32. The standard InChI is InChI=1S/C20H18Cl2N4O3/c1-2-28-18-9-14(10-23-25-16-11-24-26-20(27)19(16)22)5-8-17(18)29-12-13-3-6-15(21)7-4-13/h3-11H,2,12H2,1H3,(H2,25,26,27)/b23-10+. The number of benzene rings is 2. The third kappa shape index (κ3) is 5.73. The highest BCUT2D eigenvalue weighted by atomic mass is 35.5. The summed E-state index contributed by atoms with van der Waals surface area (Å²) in [5, 5.41) is 10.7. The van der Waals surface area contributed by atoms with Gasteiger partial charge in [-0.15, -0.1) is 0 Å². The molecule has 0 atom stereocenters. The van der Waals surface area contributed by atoms with E-state index in [9.17, 15) is 4.79 Å². The summed E-state index contributed by atoms with van der Waals surface area (Å²) in [6.45, 7) is 2.78. The van der Waals surface area contributed by atoms with Gasteiger partial charge in [-0.2, -0.15) is 10.2 Å². The van der Waals surface area contributed by atoms with E-state index >= 15 is 0 Å². The Morgan fingerprint density at radius 1 is 1.14 bits per heavy atom. The van der Waals surface area contributed by atoms with Gasteiger partial charge in [-0.05, 0) is 48.4 Å². The minimum Gasteiger partial charge on any atom is -0.490 e. The van der Waals surface area contributed by atoms with Gasteiger partial charge < -0.3 is 9.47 Å². The third-order valence-corrected chi connectivity index (χ3v) is 4.40. The molecule has 9 heteroatoms. The number of halogens is 2. The Labute approximate surface area is 177 Å². The van der Waals surface area contributed by atoms with E-state index in [2.05, 4.69) is 20.7 Å². The summed E-state index contributed by atoms with van der Waals surface area (Å²) in [6, 6.07) is 12.9. The third-order valence-electron chi connectivity index (χ3n) is 3.77. The van der Waals surface area contributed by atoms with E-state index in [0.29, 0.717) is 35.4 Å². The maximum absolute atomic E-state index is 11.4. The largest absolute Gasteiger partial charge is 0.490 e. The average molecular weight is 433 g/mol. The molecule has 0 spiro atoms. The SMILES string of the molecule is CCOc1cc(/C=N/Nc2cn[nH]c(=O)c2Cl)ccc1OCc1ccc(Cl)cc1. The van der Waals surface area contributed by atoms with Crippen LogP contribution in [0, 0.1) is 0 Å². The summed E-state index contributed by atoms with van der Waals surface area (Å²) in [5.41, 5.74) is 4.27. The van der Waals surface area contributed by atoms with Crippen LogP contribution in [0.5, 0.6) is 11.5 Å². The lowest BCUT2D eigenvalue weighted by atomic mass is 10.2. The van der Waals surface area contributed by atoms with Gasteiger partial charge in [-0.1, -0.05) is 35.3 Å². The van der Waals surface area contributed by atoms with Gasteiger partial charge in [0.25, 0.3) is 5.56 Å². The van der Waals surface area contributed by atoms with Crippen molar-refractivity contribution in [2.45, 2.75) is 13.5 Å². The number of rotatable bonds is 8. The maximum atomic E-state index is 11.4. The monoisotopic (exact) mass is 432 g/mol. The second-order valence-corrected chi connectivity index (χ2v) is 6.67. The van der Waals surface area contributed by atoms with E-state index in [-0.39, 0.29) is 5.02 Å². The molecule has 3 aromatic rings. The number of anilines is 1. The lowest BCUT2D eigenvalue weighted by molar-refractivity contribution is 0.269. The Bertz CT molecular complexity index is 1050. The number of hydrogen-bond donors (Lipinski definition) is 2. The van der Waals surface area contributed by atoms with E-state index in [1.54, 1.807) is 6.21 Å². The van der Waals surface area contributed by atoms with Crippen LogP contribution in [0.25, 0.3) is 0 Å². The first-order valence-electron chi connectivity index (χ1n) is 8.73. The van der Waals surface area contributed by atoms with Crippen molar-refractivity contribution in [3.05, 3.63) is 80.2 Å². The molecule has 0 amide bonds. The number of aromatic nitrogens is 2. The molecule has 1 aromatic heterocycles. The van der Waals surface area contributed by atoms with E-state index in [1.807, 2.05) is 49.4 Å². The zero-order chi connectivity index (χ0) is 20.6. The van der Waals surface area contributed by atoms with E-state index in [4.69, 9.17) is 32.7 Å². The summed E-state index contributed by atoms with van der Waals surface area (Å²) in [5.74, 6) is 1.22. The zero-order valence-electron chi connectivity index (χ0n) is 15.5. The number of nitrogens with zero attached hydrogens (tertiary/aromatic N) is 2. The molecule has 2 aromatic carbocycles. The normalized spacial score (nSPS) is 10.9. The molecule has 0 aliphatic carbocycles. The predicted molar refractivity (Wildman–Crippen MR) is 114 cm³/mol. The van der Waals surface area contributed by atoms with Gasteiger partial charge in [0.15, 0.2) is 11.5 Å². The van der Waals surface area contributed by atoms with Crippen molar-refractivity contribution in [1.29, 1.82) is 0 Å². The molecule has 0 radical (unpaired) electrons. The van der Waals surface area contributed by atoms with Crippen LogP contribution in [0.3, 0.4) is 0 Å². The van der Waals surface area contributed by atoms with Crippen LogP contribution in [0.15, 0.2) is 58.6 Å². The summed E-state index contributed by atoms with van der Waals surface area (Å²) in [4.78, 5) is 11.4. The Hall–Kier alpha value is -3.03. The predicted octanol–water partition coefficient (Wildman–Crippen LogP) is 4.50. The van der Waals surface area contributed by atoms with Crippen molar-refractivity contribution in [2.75, 3.05) is 12.0 Å². The van der Waals surface area contributed by atoms with Gasteiger partial charge >= 0.3 is 0 Å². The topological polar surface area (TPSA) is 88.6 Å². The first-order chi connectivity index (χ1) is 14.1. The molecule has 29 heavy (non-hydrogen) atoms. The van der Waals surface area contributed by atoms with Gasteiger partial charge in [0.2, 0.25) is 0 Å². The molecule has 0 aliphatic heterocycles. The number of ether oxygens (including phenoxy) is 2. The molecule has 2 N–H and O–H groups in total. The van der Waals surface area contributed by atoms with Gasteiger partial charge in [-0.3, -0.25) is 10.2 Å². The fourth-order valence-corrected chi connectivity index (χ4v) is 2.63. The molecule has 1 heterocycles. The fraction of sp³-hybridized carbons (Fsp3) is 0.150. The minimum absolute atomic E-state index is 0.0156. The van der Waals surface area contributed by atoms with Crippen molar-refractivity contribution in [3.63, 3.8) is 0 Å². The fourth-order valence-electron chi connectivity index (χ4n) is 2.37. The van der Waals surface area contributed by atoms with Crippen LogP contribution < -0.4 is 20.5 Å². The van der Waals surface area contributed by atoms with Crippen molar-refractivity contribution < 1.29 is 9.47 Å². The highest BCUT2D eigenvalue weighted by Crippen LogP contribution is 2.29. The first kappa shape index (κ1) is 20.7. The Balaban J connectivity index is 1.70. The van der Waals surface area contributed by atoms with Crippen LogP contribution in [-0.4, -0.2) is 23.0 Å². The van der Waals surface area contributed by atoms with Crippen molar-refractivity contribution in [2.24, 2.45) is 5.10 Å². The second kappa shape index (κ2) is 9.95. The number of H-pyrrole nitrogens is 1. The van der Waals surface area contributed by atoms with Crippen LogP contribution in [0.2, 0.25) is 10.0 Å². The van der Waals surface area contributed by atoms with Gasteiger partial charge in [0, 0.05) is 5.02 Å². The van der Waals surface area contributed by atoms with Crippen LogP contribution in [0.1, 0.15) is 18.1 Å². The first-order valence-corrected chi connectivity index (χ1v) is 9.48. The summed E-state index contributed by atoms with van der Waals surface area (Å²) in [7, 11) is 0. The highest BCUT2D eigenvalue weighted by Gasteiger charge is 2.07. The lowest BCUT2D eigenvalue weighted by Gasteiger charge is -2.12. The Morgan fingerprint density at radius 2 is 1.93 bits per heavy atom. The number of hydrazone groups is 1. The molecule has 0 fully saturated rings. The minimum atomic E-state index is -0.493. The lowest BCUT2D eigenvalue weighted by Crippen LogP contribution is -2.10. The summed E-state index contributed by atoms with van der Waals surface area (Å²) in [6.07, 6.45) is 2.95.